The minimum absolute atomic E-state index is 0.147. The number of carbonyl (C=O) groups is 2. The summed E-state index contributed by atoms with van der Waals surface area (Å²) in [4.78, 5) is 29.7. The van der Waals surface area contributed by atoms with Gasteiger partial charge in [-0.05, 0) is 40.5 Å². The number of nitrogens with zero attached hydrogens (tertiary/aromatic N) is 2. The van der Waals surface area contributed by atoms with Gasteiger partial charge in [0, 0.05) is 6.54 Å². The molecule has 22 heavy (non-hydrogen) atoms. The Morgan fingerprint density at radius 1 is 1.36 bits per heavy atom. The molecule has 1 aromatic heterocycles. The Kier molecular flexibility index (Phi) is 4.44. The van der Waals surface area contributed by atoms with Gasteiger partial charge in [0.15, 0.2) is 5.69 Å². The first-order chi connectivity index (χ1) is 10.2. The van der Waals surface area contributed by atoms with Gasteiger partial charge in [-0.15, -0.1) is 0 Å². The Hall–Kier alpha value is -2.05. The molecule has 0 saturated carbocycles. The molecule has 7 heteroatoms. The molecule has 0 aromatic carbocycles. The standard InChI is InChI=1S/C15H22N2O5/c1-9-11(13(18)20-5)16-12(21-9)10-7-6-8-17(10)14(19)22-15(2,3)4/h10H,6-8H2,1-5H3/t10-/m0/s1. The number of methoxy groups -OCH3 is 1. The number of esters is 1. The lowest BCUT2D eigenvalue weighted by molar-refractivity contribution is 0.0203. The Morgan fingerprint density at radius 2 is 2.05 bits per heavy atom. The van der Waals surface area contributed by atoms with Crippen LogP contribution < -0.4 is 0 Å². The second kappa shape index (κ2) is 5.98. The van der Waals surface area contributed by atoms with Gasteiger partial charge in [-0.3, -0.25) is 4.90 Å². The van der Waals surface area contributed by atoms with E-state index in [2.05, 4.69) is 9.72 Å². The van der Waals surface area contributed by atoms with Gasteiger partial charge in [0.1, 0.15) is 17.4 Å². The average Bonchev–Trinajstić information content (AvgIpc) is 3.01. The monoisotopic (exact) mass is 310 g/mol. The molecule has 0 N–H and O–H groups in total. The van der Waals surface area contributed by atoms with Crippen molar-refractivity contribution in [1.82, 2.24) is 9.88 Å². The van der Waals surface area contributed by atoms with Crippen LogP contribution in [0.4, 0.5) is 4.79 Å². The van der Waals surface area contributed by atoms with E-state index in [4.69, 9.17) is 9.15 Å². The van der Waals surface area contributed by atoms with Crippen molar-refractivity contribution < 1.29 is 23.5 Å². The minimum Gasteiger partial charge on any atom is -0.464 e. The maximum atomic E-state index is 12.3. The van der Waals surface area contributed by atoms with Crippen LogP contribution in [0.25, 0.3) is 0 Å². The number of carbonyl (C=O) groups excluding carboxylic acids is 2. The highest BCUT2D eigenvalue weighted by molar-refractivity contribution is 5.88. The summed E-state index contributed by atoms with van der Waals surface area (Å²) in [6, 6.07) is -0.313. The number of likely N-dealkylation sites (tertiary alicyclic amines) is 1. The topological polar surface area (TPSA) is 81.9 Å². The molecule has 1 aliphatic rings. The third-order valence-corrected chi connectivity index (χ3v) is 3.36. The zero-order chi connectivity index (χ0) is 16.5. The van der Waals surface area contributed by atoms with Crippen LogP contribution in [0.1, 0.15) is 61.8 Å². The van der Waals surface area contributed by atoms with Crippen molar-refractivity contribution in [2.24, 2.45) is 0 Å². The number of amides is 1. The zero-order valence-electron chi connectivity index (χ0n) is 13.6. The lowest BCUT2D eigenvalue weighted by Crippen LogP contribution is -2.36. The molecule has 1 aliphatic heterocycles. The van der Waals surface area contributed by atoms with Crippen molar-refractivity contribution in [3.63, 3.8) is 0 Å². The van der Waals surface area contributed by atoms with Crippen LogP contribution in [-0.4, -0.2) is 41.2 Å². The summed E-state index contributed by atoms with van der Waals surface area (Å²) in [7, 11) is 1.29. The second-order valence-electron chi connectivity index (χ2n) is 6.28. The van der Waals surface area contributed by atoms with E-state index < -0.39 is 17.7 Å². The fraction of sp³-hybridized carbons (Fsp3) is 0.667. The van der Waals surface area contributed by atoms with E-state index >= 15 is 0 Å². The Labute approximate surface area is 129 Å². The summed E-state index contributed by atoms with van der Waals surface area (Å²) in [5.74, 6) is 0.188. The van der Waals surface area contributed by atoms with Gasteiger partial charge in [0.2, 0.25) is 5.89 Å². The van der Waals surface area contributed by atoms with Gasteiger partial charge >= 0.3 is 12.1 Å². The van der Waals surface area contributed by atoms with Crippen LogP contribution in [-0.2, 0) is 9.47 Å². The number of rotatable bonds is 2. The summed E-state index contributed by atoms with van der Waals surface area (Å²) in [5.41, 5.74) is -0.415. The summed E-state index contributed by atoms with van der Waals surface area (Å²) in [6.07, 6.45) is 1.16. The molecule has 0 unspecified atom stereocenters. The molecule has 2 rings (SSSR count). The second-order valence-corrected chi connectivity index (χ2v) is 6.28. The molecule has 1 saturated heterocycles. The molecule has 1 atom stereocenters. The SMILES string of the molecule is COC(=O)c1nc([C@@H]2CCCN2C(=O)OC(C)(C)C)oc1C. The van der Waals surface area contributed by atoms with E-state index in [1.54, 1.807) is 11.8 Å². The molecule has 1 aromatic rings. The van der Waals surface area contributed by atoms with Crippen LogP contribution >= 0.6 is 0 Å². The van der Waals surface area contributed by atoms with Gasteiger partial charge in [0.05, 0.1) is 7.11 Å². The molecule has 0 aliphatic carbocycles. The zero-order valence-corrected chi connectivity index (χ0v) is 13.6. The fourth-order valence-electron chi connectivity index (χ4n) is 2.41. The number of aryl methyl sites for hydroxylation is 1. The van der Waals surface area contributed by atoms with Crippen molar-refractivity contribution in [3.8, 4) is 0 Å². The molecule has 0 spiro atoms. The first kappa shape index (κ1) is 16.3. The first-order valence-corrected chi connectivity index (χ1v) is 7.28. The van der Waals surface area contributed by atoms with Crippen LogP contribution in [0.3, 0.4) is 0 Å². The van der Waals surface area contributed by atoms with E-state index in [0.717, 1.165) is 12.8 Å². The Bertz CT molecular complexity index is 573. The molecular weight excluding hydrogens is 288 g/mol. The van der Waals surface area contributed by atoms with Crippen molar-refractivity contribution in [3.05, 3.63) is 17.3 Å². The van der Waals surface area contributed by atoms with Gasteiger partial charge in [-0.1, -0.05) is 0 Å². The minimum atomic E-state index is -0.562. The predicted molar refractivity (Wildman–Crippen MR) is 77.5 cm³/mol. The maximum absolute atomic E-state index is 12.3. The van der Waals surface area contributed by atoms with Crippen LogP contribution in [0.5, 0.6) is 0 Å². The molecule has 122 valence electrons. The predicted octanol–water partition coefficient (Wildman–Crippen LogP) is 2.84. The van der Waals surface area contributed by atoms with Crippen molar-refractivity contribution in [1.29, 1.82) is 0 Å². The van der Waals surface area contributed by atoms with Crippen molar-refractivity contribution in [2.45, 2.75) is 52.2 Å². The van der Waals surface area contributed by atoms with Crippen LogP contribution in [0, 0.1) is 6.92 Å². The highest BCUT2D eigenvalue weighted by atomic mass is 16.6. The van der Waals surface area contributed by atoms with E-state index in [0.29, 0.717) is 18.2 Å². The van der Waals surface area contributed by atoms with E-state index in [9.17, 15) is 9.59 Å². The highest BCUT2D eigenvalue weighted by Crippen LogP contribution is 2.33. The van der Waals surface area contributed by atoms with Crippen LogP contribution in [0.15, 0.2) is 4.42 Å². The molecule has 2 heterocycles. The number of oxazole rings is 1. The maximum Gasteiger partial charge on any atom is 0.410 e. The van der Waals surface area contributed by atoms with Gasteiger partial charge < -0.3 is 13.9 Å². The Balaban J connectivity index is 2.21. The highest BCUT2D eigenvalue weighted by Gasteiger charge is 2.37. The summed E-state index contributed by atoms with van der Waals surface area (Å²) in [5, 5.41) is 0. The number of ether oxygens (including phenoxy) is 2. The quantitative estimate of drug-likeness (QED) is 0.781. The smallest absolute Gasteiger partial charge is 0.410 e. The normalized spacial score (nSPS) is 18.4. The fourth-order valence-corrected chi connectivity index (χ4v) is 2.41. The van der Waals surface area contributed by atoms with E-state index in [1.807, 2.05) is 20.8 Å². The third kappa shape index (κ3) is 3.40. The number of hydrogen-bond donors (Lipinski definition) is 0. The molecule has 1 amide bonds. The lowest BCUT2D eigenvalue weighted by Gasteiger charge is -2.27. The van der Waals surface area contributed by atoms with E-state index in [-0.39, 0.29) is 11.7 Å². The van der Waals surface area contributed by atoms with Crippen molar-refractivity contribution in [2.75, 3.05) is 13.7 Å². The molecule has 7 nitrogen and oxygen atoms in total. The Morgan fingerprint density at radius 3 is 2.64 bits per heavy atom. The van der Waals surface area contributed by atoms with Gasteiger partial charge in [0.25, 0.3) is 0 Å². The number of hydrogen-bond acceptors (Lipinski definition) is 6. The first-order valence-electron chi connectivity index (χ1n) is 7.28. The van der Waals surface area contributed by atoms with Gasteiger partial charge in [-0.2, -0.15) is 0 Å². The third-order valence-electron chi connectivity index (χ3n) is 3.36. The summed E-state index contributed by atoms with van der Waals surface area (Å²) < 4.78 is 15.6. The number of aromatic nitrogens is 1. The summed E-state index contributed by atoms with van der Waals surface area (Å²) in [6.45, 7) is 7.69. The largest absolute Gasteiger partial charge is 0.464 e. The molecular formula is C15H22N2O5. The van der Waals surface area contributed by atoms with Crippen molar-refractivity contribution >= 4 is 12.1 Å². The molecule has 0 bridgehead atoms. The average molecular weight is 310 g/mol. The molecule has 0 radical (unpaired) electrons. The van der Waals surface area contributed by atoms with Gasteiger partial charge in [-0.25, -0.2) is 14.6 Å². The van der Waals surface area contributed by atoms with E-state index in [1.165, 1.54) is 7.11 Å². The molecule has 1 fully saturated rings. The van der Waals surface area contributed by atoms with Crippen LogP contribution in [0.2, 0.25) is 0 Å². The lowest BCUT2D eigenvalue weighted by atomic mass is 10.2. The summed E-state index contributed by atoms with van der Waals surface area (Å²) >= 11 is 0.